The number of hydrogen-bond donors (Lipinski definition) is 4. The predicted octanol–water partition coefficient (Wildman–Crippen LogP) is 5.47. The average Bonchev–Trinajstić information content (AvgIpc) is 3.65. The Labute approximate surface area is 254 Å². The third-order valence-corrected chi connectivity index (χ3v) is 7.88. The third kappa shape index (κ3) is 5.84. The van der Waals surface area contributed by atoms with Crippen molar-refractivity contribution in [3.8, 4) is 39.7 Å². The first-order chi connectivity index (χ1) is 21.5. The fourth-order valence-corrected chi connectivity index (χ4v) is 5.63. The van der Waals surface area contributed by atoms with E-state index in [9.17, 15) is 4.39 Å². The highest BCUT2D eigenvalue weighted by molar-refractivity contribution is 5.97. The molecule has 224 valence electrons. The standard InChI is InChI=1S/C33H34FN9O/c1-43(2)12-11-37-24-14-21(13-23(34)17-24)30-32-29(7-10-38-30)39-33(40-32)31-27-16-20(3-4-28(27)41-42-31)22-15-26(19-36-18-22)44-25-5-8-35-9-6-25/h3-4,7,10,13-19,25,35,37H,5-6,8-9,11-12H2,1-2H3,(H,39,40)(H,41,42). The fourth-order valence-electron chi connectivity index (χ4n) is 5.63. The number of imidazole rings is 1. The summed E-state index contributed by atoms with van der Waals surface area (Å²) >= 11 is 0. The Hall–Kier alpha value is -4.87. The van der Waals surface area contributed by atoms with E-state index in [0.29, 0.717) is 40.5 Å². The maximum atomic E-state index is 14.7. The van der Waals surface area contributed by atoms with Gasteiger partial charge in [0.15, 0.2) is 5.82 Å². The molecule has 0 bridgehead atoms. The topological polar surface area (TPSA) is 120 Å². The van der Waals surface area contributed by atoms with E-state index in [4.69, 9.17) is 9.72 Å². The Morgan fingerprint density at radius 3 is 2.70 bits per heavy atom. The highest BCUT2D eigenvalue weighted by atomic mass is 19.1. The third-order valence-electron chi connectivity index (χ3n) is 7.88. The smallest absolute Gasteiger partial charge is 0.159 e. The lowest BCUT2D eigenvalue weighted by molar-refractivity contribution is 0.162. The number of nitrogens with one attached hydrogen (secondary N) is 4. The molecule has 0 aliphatic carbocycles. The molecule has 10 nitrogen and oxygen atoms in total. The van der Waals surface area contributed by atoms with Gasteiger partial charge in [0, 0.05) is 47.7 Å². The molecule has 1 fully saturated rings. The molecule has 1 saturated heterocycles. The first kappa shape index (κ1) is 27.9. The number of aromatic amines is 2. The normalized spacial score (nSPS) is 14.1. The van der Waals surface area contributed by atoms with E-state index < -0.39 is 0 Å². The number of likely N-dealkylation sites (N-methyl/N-ethyl adjacent to an activating group) is 1. The van der Waals surface area contributed by atoms with Crippen molar-refractivity contribution in [2.75, 3.05) is 45.6 Å². The van der Waals surface area contributed by atoms with Gasteiger partial charge < -0.3 is 25.3 Å². The van der Waals surface area contributed by atoms with Crippen LogP contribution in [0.15, 0.2) is 67.1 Å². The minimum Gasteiger partial charge on any atom is -0.489 e. The molecular weight excluding hydrogens is 557 g/mol. The molecule has 2 aromatic carbocycles. The monoisotopic (exact) mass is 591 g/mol. The molecule has 11 heteroatoms. The fraction of sp³-hybridized carbons (Fsp3) is 0.273. The van der Waals surface area contributed by atoms with E-state index >= 15 is 0 Å². The number of ether oxygens (including phenoxy) is 1. The number of pyridine rings is 2. The number of rotatable bonds is 9. The quantitative estimate of drug-likeness (QED) is 0.175. The zero-order valence-corrected chi connectivity index (χ0v) is 24.7. The molecule has 4 N–H and O–H groups in total. The second-order valence-electron chi connectivity index (χ2n) is 11.4. The molecule has 44 heavy (non-hydrogen) atoms. The van der Waals surface area contributed by atoms with Crippen molar-refractivity contribution < 1.29 is 9.13 Å². The Bertz CT molecular complexity index is 1930. The molecule has 0 radical (unpaired) electrons. The number of H-pyrrole nitrogens is 2. The van der Waals surface area contributed by atoms with E-state index in [1.807, 2.05) is 50.6 Å². The minimum atomic E-state index is -0.338. The van der Waals surface area contributed by atoms with Crippen LogP contribution in [0.4, 0.5) is 10.1 Å². The molecular formula is C33H34FN9O. The number of benzene rings is 2. The molecule has 0 spiro atoms. The van der Waals surface area contributed by atoms with Crippen LogP contribution in [0.25, 0.3) is 55.8 Å². The van der Waals surface area contributed by atoms with Gasteiger partial charge >= 0.3 is 0 Å². The van der Waals surface area contributed by atoms with E-state index in [-0.39, 0.29) is 11.9 Å². The van der Waals surface area contributed by atoms with Gasteiger partial charge in [0.05, 0.1) is 22.9 Å². The molecule has 7 rings (SSSR count). The first-order valence-corrected chi connectivity index (χ1v) is 14.9. The summed E-state index contributed by atoms with van der Waals surface area (Å²) in [5.41, 5.74) is 6.90. The minimum absolute atomic E-state index is 0.196. The summed E-state index contributed by atoms with van der Waals surface area (Å²) in [7, 11) is 4.00. The van der Waals surface area contributed by atoms with Crippen LogP contribution in [0.2, 0.25) is 0 Å². The van der Waals surface area contributed by atoms with Crippen molar-refractivity contribution in [3.63, 3.8) is 0 Å². The molecule has 0 amide bonds. The largest absolute Gasteiger partial charge is 0.489 e. The Morgan fingerprint density at radius 2 is 1.84 bits per heavy atom. The van der Waals surface area contributed by atoms with Gasteiger partial charge in [0.25, 0.3) is 0 Å². The summed E-state index contributed by atoms with van der Waals surface area (Å²) in [6.07, 6.45) is 7.49. The molecule has 0 atom stereocenters. The van der Waals surface area contributed by atoms with Crippen LogP contribution in [0.3, 0.4) is 0 Å². The van der Waals surface area contributed by atoms with Crippen LogP contribution in [-0.4, -0.2) is 81.4 Å². The van der Waals surface area contributed by atoms with Crippen LogP contribution < -0.4 is 15.4 Å². The zero-order valence-electron chi connectivity index (χ0n) is 24.7. The SMILES string of the molecule is CN(C)CCNc1cc(F)cc(-c2nccc3[nH]c(-c4n[nH]c5ccc(-c6cncc(OC7CCNCC7)c6)cc45)nc23)c1. The Morgan fingerprint density at radius 1 is 0.955 bits per heavy atom. The van der Waals surface area contributed by atoms with Crippen molar-refractivity contribution in [1.29, 1.82) is 0 Å². The second-order valence-corrected chi connectivity index (χ2v) is 11.4. The number of fused-ring (bicyclic) bond motifs is 2. The zero-order chi connectivity index (χ0) is 30.0. The van der Waals surface area contributed by atoms with Gasteiger partial charge in [-0.2, -0.15) is 5.10 Å². The second kappa shape index (κ2) is 12.0. The van der Waals surface area contributed by atoms with Crippen molar-refractivity contribution >= 4 is 27.6 Å². The summed E-state index contributed by atoms with van der Waals surface area (Å²) in [6, 6.07) is 14.9. The molecule has 1 aliphatic heterocycles. The summed E-state index contributed by atoms with van der Waals surface area (Å²) in [5, 5.41) is 15.3. The molecule has 1 aliphatic rings. The van der Waals surface area contributed by atoms with E-state index in [0.717, 1.165) is 65.8 Å². The van der Waals surface area contributed by atoms with Gasteiger partial charge in [0.1, 0.15) is 28.9 Å². The highest BCUT2D eigenvalue weighted by Crippen LogP contribution is 2.34. The number of nitrogens with zero attached hydrogens (tertiary/aromatic N) is 5. The maximum absolute atomic E-state index is 14.7. The molecule has 0 unspecified atom stereocenters. The van der Waals surface area contributed by atoms with Crippen molar-refractivity contribution in [1.82, 2.24) is 40.3 Å². The van der Waals surface area contributed by atoms with Gasteiger partial charge in [-0.05, 0) is 88.1 Å². The first-order valence-electron chi connectivity index (χ1n) is 14.9. The lowest BCUT2D eigenvalue weighted by Gasteiger charge is -2.23. The summed E-state index contributed by atoms with van der Waals surface area (Å²) in [4.78, 5) is 19.4. The molecule has 5 heterocycles. The number of hydrogen-bond acceptors (Lipinski definition) is 8. The van der Waals surface area contributed by atoms with Crippen LogP contribution in [0.1, 0.15) is 12.8 Å². The summed E-state index contributed by atoms with van der Waals surface area (Å²) in [6.45, 7) is 3.46. The number of aromatic nitrogens is 6. The van der Waals surface area contributed by atoms with E-state index in [2.05, 4.69) is 46.7 Å². The van der Waals surface area contributed by atoms with Crippen molar-refractivity contribution in [2.45, 2.75) is 18.9 Å². The van der Waals surface area contributed by atoms with Gasteiger partial charge in [0.2, 0.25) is 0 Å². The maximum Gasteiger partial charge on any atom is 0.159 e. The lowest BCUT2D eigenvalue weighted by Crippen LogP contribution is -2.34. The van der Waals surface area contributed by atoms with Crippen LogP contribution in [-0.2, 0) is 0 Å². The molecule has 0 saturated carbocycles. The summed E-state index contributed by atoms with van der Waals surface area (Å²) in [5.74, 6) is 1.03. The number of piperidine rings is 1. The van der Waals surface area contributed by atoms with Gasteiger partial charge in [-0.3, -0.25) is 15.1 Å². The van der Waals surface area contributed by atoms with Gasteiger partial charge in [-0.25, -0.2) is 9.37 Å². The van der Waals surface area contributed by atoms with Crippen LogP contribution >= 0.6 is 0 Å². The Kier molecular flexibility index (Phi) is 7.63. The Balaban J connectivity index is 1.21. The molecule has 4 aromatic heterocycles. The van der Waals surface area contributed by atoms with Crippen molar-refractivity contribution in [2.24, 2.45) is 0 Å². The lowest BCUT2D eigenvalue weighted by atomic mass is 10.0. The molecule has 6 aromatic rings. The number of anilines is 1. The van der Waals surface area contributed by atoms with Gasteiger partial charge in [-0.15, -0.1) is 0 Å². The highest BCUT2D eigenvalue weighted by Gasteiger charge is 2.18. The van der Waals surface area contributed by atoms with Crippen LogP contribution in [0, 0.1) is 5.82 Å². The predicted molar refractivity (Wildman–Crippen MR) is 171 cm³/mol. The van der Waals surface area contributed by atoms with E-state index in [1.165, 1.54) is 12.1 Å². The summed E-state index contributed by atoms with van der Waals surface area (Å²) < 4.78 is 20.9. The average molecular weight is 592 g/mol. The van der Waals surface area contributed by atoms with Gasteiger partial charge in [-0.1, -0.05) is 6.07 Å². The van der Waals surface area contributed by atoms with Crippen molar-refractivity contribution in [3.05, 3.63) is 72.9 Å². The number of halogens is 1. The van der Waals surface area contributed by atoms with Crippen LogP contribution in [0.5, 0.6) is 5.75 Å². The van der Waals surface area contributed by atoms with E-state index in [1.54, 1.807) is 12.4 Å².